The first-order chi connectivity index (χ1) is 0. The number of hydrogen-bond acceptors (Lipinski definition) is 0. The van der Waals surface area contributed by atoms with Crippen molar-refractivity contribution in [3.63, 3.8) is 0 Å². The maximum atomic E-state index is 0. The largest absolute Gasteiger partial charge is 2.00 e. The molecule has 0 saturated carbocycles. The van der Waals surface area contributed by atoms with Crippen molar-refractivity contribution in [2.24, 2.45) is 0 Å². The van der Waals surface area contributed by atoms with Crippen LogP contribution < -0.4 is 0 Å². The van der Waals surface area contributed by atoms with Gasteiger partial charge in [0, 0.05) is 17.1 Å². The Morgan fingerprint density at radius 2 is 1.20 bits per heavy atom. The van der Waals surface area contributed by atoms with Gasteiger partial charge in [-0.15, -0.1) is 0 Å². The molecule has 0 saturated heterocycles. The van der Waals surface area contributed by atoms with Crippen molar-refractivity contribution in [1.82, 2.24) is 0 Å². The maximum absolute atomic E-state index is 0. The molecule has 0 amide bonds. The van der Waals surface area contributed by atoms with E-state index in [1.807, 2.05) is 0 Å². The molecule has 0 unspecified atom stereocenters. The second-order valence-corrected chi connectivity index (χ2v) is 0. The van der Waals surface area contributed by atoms with Crippen LogP contribution in [-0.4, -0.2) is 115 Å². The summed E-state index contributed by atoms with van der Waals surface area (Å²) in [7, 11) is 0. The van der Waals surface area contributed by atoms with E-state index in [9.17, 15) is 0 Å². The molecule has 5 heteroatoms. The van der Waals surface area contributed by atoms with Crippen LogP contribution in [0.3, 0.4) is 0 Å². The predicted molar refractivity (Wildman–Crippen MR) is 29.5 cm³/mol. The average Bonchev–Trinajstić information content (AvgIpc) is 0. The Labute approximate surface area is 134 Å². The molecule has 0 heterocycles. The summed E-state index contributed by atoms with van der Waals surface area (Å²) in [5.41, 5.74) is 0. The zero-order valence-corrected chi connectivity index (χ0v) is 15.0. The third kappa shape index (κ3) is 17.9. The predicted octanol–water partition coefficient (Wildman–Crippen LogP) is -2.32. The minimum absolute atomic E-state index is 0. The molecule has 0 aromatic heterocycles. The summed E-state index contributed by atoms with van der Waals surface area (Å²) >= 11 is 0. The van der Waals surface area contributed by atoms with E-state index in [1.54, 1.807) is 0 Å². The van der Waals surface area contributed by atoms with E-state index in [4.69, 9.17) is 0 Å². The van der Waals surface area contributed by atoms with Crippen LogP contribution in [0.4, 0.5) is 0 Å². The molecular weight excluding hydrogens is 416 g/mol. The van der Waals surface area contributed by atoms with Gasteiger partial charge in [0.15, 0.2) is 0 Å². The Bertz CT molecular complexity index is 20.5. The van der Waals surface area contributed by atoms with E-state index >= 15 is 0 Å². The van der Waals surface area contributed by atoms with Gasteiger partial charge in [-0.1, -0.05) is 0 Å². The molecule has 0 rings (SSSR count). The molecule has 0 atom stereocenters. The van der Waals surface area contributed by atoms with Gasteiger partial charge in [0.2, 0.25) is 0 Å². The molecule has 5 heavy (non-hydrogen) atoms. The molecular formula is H9BiCaCuOSr. The number of rotatable bonds is 0. The first-order valence-electron chi connectivity index (χ1n) is 0. The van der Waals surface area contributed by atoms with Crippen LogP contribution in [0, 0.1) is 0 Å². The van der Waals surface area contributed by atoms with Gasteiger partial charge in [-0.05, 0) is 0 Å². The Balaban J connectivity index is 0. The zero-order chi connectivity index (χ0) is 0. The summed E-state index contributed by atoms with van der Waals surface area (Å²) in [4.78, 5) is 0. The molecule has 1 nitrogen and oxygen atoms in total. The fraction of sp³-hybridized carbons (Fsp3) is 0. The third-order valence-corrected chi connectivity index (χ3v) is 0. The molecule has 35 valence electrons. The van der Waals surface area contributed by atoms with Crippen LogP contribution in [0.1, 0.15) is 5.71 Å². The smallest absolute Gasteiger partial charge is 1.00 e. The molecule has 0 bridgehead atoms. The van der Waals surface area contributed by atoms with E-state index in [-0.39, 0.29) is 138 Å². The molecule has 0 spiro atoms. The molecule has 0 aromatic rings. The third-order valence-electron chi connectivity index (χ3n) is 0. The molecule has 0 aliphatic carbocycles. The Morgan fingerprint density at radius 1 is 1.20 bits per heavy atom. The van der Waals surface area contributed by atoms with Crippen LogP contribution in [0.5, 0.6) is 0 Å². The summed E-state index contributed by atoms with van der Waals surface area (Å²) in [5, 5.41) is 0. The van der Waals surface area contributed by atoms with Gasteiger partial charge in [-0.3, -0.25) is 0 Å². The average molecular weight is 425 g/mol. The van der Waals surface area contributed by atoms with Crippen LogP contribution in [-0.2, 0) is 17.1 Å². The molecule has 0 fully saturated rings. The minimum Gasteiger partial charge on any atom is -1.00 e. The maximum Gasteiger partial charge on any atom is 2.00 e. The van der Waals surface area contributed by atoms with E-state index in [1.165, 1.54) is 0 Å². The molecule has 0 aliphatic heterocycles. The molecule has 0 aromatic carbocycles. The fourth-order valence-electron chi connectivity index (χ4n) is 0. The summed E-state index contributed by atoms with van der Waals surface area (Å²) in [6, 6.07) is 0. The SMILES string of the molecule is O.[BiH3].[Ca+2].[Cu].[H-].[H-].[H-].[H-].[Sr+2]. The topological polar surface area (TPSA) is 31.5 Å². The summed E-state index contributed by atoms with van der Waals surface area (Å²) in [6.07, 6.45) is 0. The molecule has 2 N–H and O–H groups in total. The Hall–Kier alpha value is 4.10. The first-order valence-corrected chi connectivity index (χ1v) is 0. The molecule has 0 aliphatic rings. The zero-order valence-electron chi connectivity index (χ0n) is 6.92. The Kier molecular flexibility index (Phi) is 172. The van der Waals surface area contributed by atoms with Gasteiger partial charge >= 0.3 is 109 Å². The second kappa shape index (κ2) is 24.3. The van der Waals surface area contributed by atoms with Crippen LogP contribution in [0.15, 0.2) is 0 Å². The first kappa shape index (κ1) is 35.5. The minimum atomic E-state index is 0. The van der Waals surface area contributed by atoms with Gasteiger partial charge in [-0.2, -0.15) is 0 Å². The standard InChI is InChI=1S/Bi.Ca.Cu.H2O.Sr.7H/h;;;1H2;;;;;;;;/q;+2;;;+2;;;;4*-1. The van der Waals surface area contributed by atoms with Crippen molar-refractivity contribution < 1.29 is 28.3 Å². The van der Waals surface area contributed by atoms with Gasteiger partial charge < -0.3 is 11.2 Å². The normalized spacial score (nSPS) is 0. The second-order valence-electron chi connectivity index (χ2n) is 0. The van der Waals surface area contributed by atoms with E-state index < -0.39 is 0 Å². The molecule has 1 radical (unpaired) electrons. The van der Waals surface area contributed by atoms with Gasteiger partial charge in [0.1, 0.15) is 0 Å². The quantitative estimate of drug-likeness (QED) is 0.391. The summed E-state index contributed by atoms with van der Waals surface area (Å²) in [5.74, 6) is 0. The van der Waals surface area contributed by atoms with Crippen LogP contribution in [0.25, 0.3) is 0 Å². The Morgan fingerprint density at radius 3 is 1.20 bits per heavy atom. The summed E-state index contributed by atoms with van der Waals surface area (Å²) in [6.45, 7) is 0. The van der Waals surface area contributed by atoms with Crippen molar-refractivity contribution in [3.05, 3.63) is 0 Å². The van der Waals surface area contributed by atoms with Crippen molar-refractivity contribution in [1.29, 1.82) is 0 Å². The monoisotopic (exact) mass is 425 g/mol. The number of hydrogen-bond donors (Lipinski definition) is 0. The van der Waals surface area contributed by atoms with Gasteiger partial charge in [0.25, 0.3) is 0 Å². The van der Waals surface area contributed by atoms with Crippen molar-refractivity contribution in [2.45, 2.75) is 0 Å². The fourth-order valence-corrected chi connectivity index (χ4v) is 0. The van der Waals surface area contributed by atoms with Crippen molar-refractivity contribution in [2.75, 3.05) is 0 Å². The van der Waals surface area contributed by atoms with Crippen molar-refractivity contribution >= 4 is 109 Å². The summed E-state index contributed by atoms with van der Waals surface area (Å²) < 4.78 is 0. The van der Waals surface area contributed by atoms with E-state index in [2.05, 4.69) is 0 Å². The van der Waals surface area contributed by atoms with Crippen molar-refractivity contribution in [3.8, 4) is 0 Å². The van der Waals surface area contributed by atoms with Crippen LogP contribution in [0.2, 0.25) is 0 Å². The van der Waals surface area contributed by atoms with E-state index in [0.717, 1.165) is 0 Å². The van der Waals surface area contributed by atoms with E-state index in [0.29, 0.717) is 0 Å². The van der Waals surface area contributed by atoms with Gasteiger partial charge in [-0.25, -0.2) is 0 Å². The van der Waals surface area contributed by atoms with Crippen LogP contribution >= 0.6 is 0 Å². The van der Waals surface area contributed by atoms with Gasteiger partial charge in [0.05, 0.1) is 0 Å².